The first-order valence-electron chi connectivity index (χ1n) is 10.8. The zero-order valence-corrected chi connectivity index (χ0v) is 18.4. The van der Waals surface area contributed by atoms with Crippen LogP contribution in [-0.4, -0.2) is 67.5 Å². The van der Waals surface area contributed by atoms with Crippen LogP contribution in [0.3, 0.4) is 0 Å². The topological polar surface area (TPSA) is 74.4 Å². The van der Waals surface area contributed by atoms with Crippen molar-refractivity contribution in [1.29, 1.82) is 0 Å². The third kappa shape index (κ3) is 4.54. The minimum atomic E-state index is -0.264. The van der Waals surface area contributed by atoms with E-state index in [0.717, 1.165) is 47.1 Å². The number of aromatic nitrogens is 1. The van der Waals surface area contributed by atoms with E-state index in [4.69, 9.17) is 14.2 Å². The maximum atomic E-state index is 13.0. The van der Waals surface area contributed by atoms with E-state index in [9.17, 15) is 9.59 Å². The summed E-state index contributed by atoms with van der Waals surface area (Å²) in [6.07, 6.45) is -0.264. The van der Waals surface area contributed by atoms with Crippen LogP contribution in [0.5, 0.6) is 11.5 Å². The normalized spacial score (nSPS) is 15.9. The summed E-state index contributed by atoms with van der Waals surface area (Å²) < 4.78 is 18.1. The lowest BCUT2D eigenvalue weighted by molar-refractivity contribution is -0.895. The lowest BCUT2D eigenvalue weighted by Crippen LogP contribution is -3.15. The van der Waals surface area contributed by atoms with Gasteiger partial charge in [0.2, 0.25) is 12.6 Å². The second-order valence-electron chi connectivity index (χ2n) is 8.09. The van der Waals surface area contributed by atoms with E-state index in [0.29, 0.717) is 32.8 Å². The molecule has 2 aromatic rings. The molecule has 1 fully saturated rings. The zero-order valence-electron chi connectivity index (χ0n) is 18.4. The molecule has 31 heavy (non-hydrogen) atoms. The molecule has 2 aliphatic rings. The monoisotopic (exact) mass is 428 g/mol. The average Bonchev–Trinajstić information content (AvgIpc) is 3.34. The number of Topliss-reactive ketones (excluding diaryl/α,β-unsaturated/α-hetero) is 1. The predicted octanol–water partition coefficient (Wildman–Crippen LogP) is 1.42. The Kier molecular flexibility index (Phi) is 6.18. The number of carbonyl (C=O) groups excluding carboxylic acids is 2. The van der Waals surface area contributed by atoms with Crippen molar-refractivity contribution in [1.82, 2.24) is 9.47 Å². The highest BCUT2D eigenvalue weighted by Gasteiger charge is 2.27. The summed E-state index contributed by atoms with van der Waals surface area (Å²) in [7, 11) is 0. The molecule has 0 saturated carbocycles. The minimum absolute atomic E-state index is 0.143. The van der Waals surface area contributed by atoms with E-state index in [1.54, 1.807) is 11.8 Å². The number of nitrogens with one attached hydrogen (secondary N) is 1. The van der Waals surface area contributed by atoms with Crippen LogP contribution < -0.4 is 14.4 Å². The second kappa shape index (κ2) is 9.01. The molecule has 8 heteroatoms. The number of amides is 1. The largest absolute Gasteiger partial charge is 0.454 e. The Labute approximate surface area is 182 Å². The SMILES string of the molecule is CCOC(=O)N1CC[NH+](CC(=O)c2cc(C)n(Cc3ccc4c(c3)OCO4)c2C)CC1. The number of quaternary nitrogens is 1. The Morgan fingerprint density at radius 1 is 1.10 bits per heavy atom. The number of nitrogens with zero attached hydrogens (tertiary/aromatic N) is 2. The first kappa shape index (κ1) is 21.2. The molecule has 1 amide bonds. The van der Waals surface area contributed by atoms with Crippen molar-refractivity contribution >= 4 is 11.9 Å². The molecule has 0 atom stereocenters. The summed E-state index contributed by atoms with van der Waals surface area (Å²) in [4.78, 5) is 27.8. The van der Waals surface area contributed by atoms with Crippen LogP contribution in [-0.2, 0) is 11.3 Å². The van der Waals surface area contributed by atoms with Crippen molar-refractivity contribution in [3.05, 3.63) is 46.8 Å². The van der Waals surface area contributed by atoms with Crippen molar-refractivity contribution in [3.8, 4) is 11.5 Å². The van der Waals surface area contributed by atoms with Gasteiger partial charge in [0.1, 0.15) is 6.54 Å². The highest BCUT2D eigenvalue weighted by molar-refractivity contribution is 5.98. The Bertz CT molecular complexity index is 976. The van der Waals surface area contributed by atoms with Crippen LogP contribution >= 0.6 is 0 Å². The molecule has 0 aliphatic carbocycles. The molecule has 1 aromatic carbocycles. The first-order valence-corrected chi connectivity index (χ1v) is 10.8. The van der Waals surface area contributed by atoms with Gasteiger partial charge in [-0.25, -0.2) is 4.79 Å². The summed E-state index contributed by atoms with van der Waals surface area (Å²) in [5.74, 6) is 1.68. The van der Waals surface area contributed by atoms with Gasteiger partial charge in [0.05, 0.1) is 32.8 Å². The van der Waals surface area contributed by atoms with Gasteiger partial charge in [-0.05, 0) is 44.5 Å². The first-order chi connectivity index (χ1) is 15.0. The lowest BCUT2D eigenvalue weighted by atomic mass is 10.1. The molecule has 2 aliphatic heterocycles. The second-order valence-corrected chi connectivity index (χ2v) is 8.09. The molecule has 3 heterocycles. The number of hydrogen-bond acceptors (Lipinski definition) is 5. The number of benzene rings is 1. The summed E-state index contributed by atoms with van der Waals surface area (Å²) >= 11 is 0. The van der Waals surface area contributed by atoms with Gasteiger partial charge < -0.3 is 23.7 Å². The fourth-order valence-electron chi connectivity index (χ4n) is 4.27. The summed E-state index contributed by atoms with van der Waals surface area (Å²) in [5.41, 5.74) is 3.91. The third-order valence-electron chi connectivity index (χ3n) is 6.06. The molecule has 1 saturated heterocycles. The van der Waals surface area contributed by atoms with Crippen LogP contribution in [0.25, 0.3) is 0 Å². The number of hydrogen-bond donors (Lipinski definition) is 1. The van der Waals surface area contributed by atoms with E-state index in [-0.39, 0.29) is 18.7 Å². The van der Waals surface area contributed by atoms with Gasteiger partial charge in [-0.3, -0.25) is 9.69 Å². The number of ether oxygens (including phenoxy) is 3. The summed E-state index contributed by atoms with van der Waals surface area (Å²) in [6, 6.07) is 7.94. The summed E-state index contributed by atoms with van der Waals surface area (Å²) in [5, 5.41) is 0. The van der Waals surface area contributed by atoms with Gasteiger partial charge in [-0.15, -0.1) is 0 Å². The zero-order chi connectivity index (χ0) is 22.0. The molecule has 0 radical (unpaired) electrons. The van der Waals surface area contributed by atoms with Gasteiger partial charge in [-0.1, -0.05) is 6.07 Å². The minimum Gasteiger partial charge on any atom is -0.454 e. The van der Waals surface area contributed by atoms with Crippen LogP contribution in [0, 0.1) is 13.8 Å². The molecule has 4 rings (SSSR count). The molecule has 0 unspecified atom stereocenters. The van der Waals surface area contributed by atoms with E-state index in [1.807, 2.05) is 38.1 Å². The van der Waals surface area contributed by atoms with Crippen molar-refractivity contribution in [2.45, 2.75) is 27.3 Å². The van der Waals surface area contributed by atoms with Crippen LogP contribution in [0.1, 0.15) is 34.2 Å². The average molecular weight is 429 g/mol. The number of piperazine rings is 1. The van der Waals surface area contributed by atoms with Crippen molar-refractivity contribution in [2.24, 2.45) is 0 Å². The predicted molar refractivity (Wildman–Crippen MR) is 114 cm³/mol. The fraction of sp³-hybridized carbons (Fsp3) is 0.478. The van der Waals surface area contributed by atoms with Crippen molar-refractivity contribution < 1.29 is 28.7 Å². The molecule has 0 spiro atoms. The lowest BCUT2D eigenvalue weighted by Gasteiger charge is -2.31. The van der Waals surface area contributed by atoms with Crippen molar-refractivity contribution in [2.75, 3.05) is 46.1 Å². The smallest absolute Gasteiger partial charge is 0.410 e. The van der Waals surface area contributed by atoms with E-state index < -0.39 is 0 Å². The quantitative estimate of drug-likeness (QED) is 0.705. The molecule has 166 valence electrons. The Balaban J connectivity index is 1.39. The van der Waals surface area contributed by atoms with Gasteiger partial charge in [0.15, 0.2) is 11.5 Å². The molecule has 0 bridgehead atoms. The Hall–Kier alpha value is -3.00. The standard InChI is InChI=1S/C23H29N3O5/c1-4-29-23(28)25-9-7-24(8-10-25)14-20(27)19-11-16(2)26(17(19)3)13-18-5-6-21-22(12-18)31-15-30-21/h5-6,11-12H,4,7-10,13-15H2,1-3H3/p+1. The molecule has 1 aromatic heterocycles. The number of aryl methyl sites for hydroxylation is 1. The maximum Gasteiger partial charge on any atom is 0.410 e. The van der Waals surface area contributed by atoms with Gasteiger partial charge in [0, 0.05) is 23.5 Å². The van der Waals surface area contributed by atoms with Gasteiger partial charge in [-0.2, -0.15) is 0 Å². The maximum absolute atomic E-state index is 13.0. The highest BCUT2D eigenvalue weighted by atomic mass is 16.7. The Morgan fingerprint density at radius 3 is 2.58 bits per heavy atom. The van der Waals surface area contributed by atoms with E-state index >= 15 is 0 Å². The number of carbonyl (C=O) groups is 2. The third-order valence-corrected chi connectivity index (χ3v) is 6.06. The number of fused-ring (bicyclic) bond motifs is 1. The molecular formula is C23H30N3O5+. The number of ketones is 1. The van der Waals surface area contributed by atoms with Gasteiger partial charge >= 0.3 is 6.09 Å². The van der Waals surface area contributed by atoms with Gasteiger partial charge in [0.25, 0.3) is 0 Å². The van der Waals surface area contributed by atoms with Crippen LogP contribution in [0.4, 0.5) is 4.79 Å². The summed E-state index contributed by atoms with van der Waals surface area (Å²) in [6.45, 7) is 10.3. The Morgan fingerprint density at radius 2 is 1.84 bits per heavy atom. The fourth-order valence-corrected chi connectivity index (χ4v) is 4.27. The van der Waals surface area contributed by atoms with Crippen molar-refractivity contribution in [3.63, 3.8) is 0 Å². The van der Waals surface area contributed by atoms with Crippen LogP contribution in [0.2, 0.25) is 0 Å². The van der Waals surface area contributed by atoms with Crippen LogP contribution in [0.15, 0.2) is 24.3 Å². The molecular weight excluding hydrogens is 398 g/mol. The van der Waals surface area contributed by atoms with E-state index in [1.165, 1.54) is 4.90 Å². The highest BCUT2D eigenvalue weighted by Crippen LogP contribution is 2.33. The molecule has 1 N–H and O–H groups in total. The van der Waals surface area contributed by atoms with E-state index in [2.05, 4.69) is 4.57 Å². The number of rotatable bonds is 6. The molecule has 8 nitrogen and oxygen atoms in total.